The van der Waals surface area contributed by atoms with Crippen molar-refractivity contribution in [1.29, 1.82) is 0 Å². The van der Waals surface area contributed by atoms with E-state index in [2.05, 4.69) is 126 Å². The van der Waals surface area contributed by atoms with Gasteiger partial charge in [0.1, 0.15) is 11.6 Å². The van der Waals surface area contributed by atoms with Crippen LogP contribution in [0.25, 0.3) is 0 Å². The zero-order chi connectivity index (χ0) is 48.4. The summed E-state index contributed by atoms with van der Waals surface area (Å²) in [6, 6.07) is 20.3. The Morgan fingerprint density at radius 3 is 1.76 bits per heavy atom. The zero-order valence-corrected chi connectivity index (χ0v) is 43.7. The van der Waals surface area contributed by atoms with Crippen molar-refractivity contribution in [1.82, 2.24) is 0 Å². The molecule has 4 fully saturated rings. The molecule has 0 amide bonds. The zero-order valence-electron chi connectivity index (χ0n) is 42.7. The van der Waals surface area contributed by atoms with Gasteiger partial charge in [-0.2, -0.15) is 0 Å². The van der Waals surface area contributed by atoms with Crippen LogP contribution < -0.4 is 0 Å². The normalized spacial score (nSPS) is 24.2. The fraction of sp³-hybridized carbons (Fsp3) is 0.548. The predicted molar refractivity (Wildman–Crippen MR) is 284 cm³/mol. The average Bonchev–Trinajstić information content (AvgIpc) is 3.26. The van der Waals surface area contributed by atoms with E-state index >= 15 is 0 Å². The van der Waals surface area contributed by atoms with Gasteiger partial charge in [0.15, 0.2) is 8.32 Å². The van der Waals surface area contributed by atoms with Crippen LogP contribution in [0.5, 0.6) is 0 Å². The largest absolute Gasteiger partial charge is 0.410 e. The van der Waals surface area contributed by atoms with Crippen LogP contribution in [0.2, 0.25) is 18.1 Å². The van der Waals surface area contributed by atoms with Crippen molar-refractivity contribution in [3.63, 3.8) is 0 Å². The van der Waals surface area contributed by atoms with E-state index in [-0.39, 0.29) is 38.6 Å². The van der Waals surface area contributed by atoms with E-state index in [9.17, 15) is 14.7 Å². The number of ketones is 2. The second-order valence-corrected chi connectivity index (χ2v) is 27.1. The molecule has 4 nitrogen and oxygen atoms in total. The smallest absolute Gasteiger partial charge is 0.192 e. The molecular weight excluding hydrogens is 837 g/mol. The second kappa shape index (κ2) is 24.8. The number of carbonyl (C=O) groups excluding carboxylic acids is 2. The molecular formula is C62H84O4Si. The van der Waals surface area contributed by atoms with Crippen molar-refractivity contribution >= 4 is 19.9 Å². The summed E-state index contributed by atoms with van der Waals surface area (Å²) in [5.74, 6) is 14.1. The Hall–Kier alpha value is -4.26. The highest BCUT2D eigenvalue weighted by Crippen LogP contribution is 2.51. The van der Waals surface area contributed by atoms with Gasteiger partial charge in [-0.25, -0.2) is 0 Å². The molecule has 4 saturated carbocycles. The van der Waals surface area contributed by atoms with Gasteiger partial charge < -0.3 is 14.3 Å². The van der Waals surface area contributed by atoms with Crippen molar-refractivity contribution in [3.05, 3.63) is 132 Å². The van der Waals surface area contributed by atoms with Crippen LogP contribution in [0.15, 0.2) is 121 Å². The van der Waals surface area contributed by atoms with Crippen LogP contribution in [0.3, 0.4) is 0 Å². The van der Waals surface area contributed by atoms with E-state index in [1.807, 2.05) is 60.7 Å². The quantitative estimate of drug-likeness (QED) is 0.0599. The summed E-state index contributed by atoms with van der Waals surface area (Å²) in [4.78, 5) is 23.7. The average molecular weight is 921 g/mol. The van der Waals surface area contributed by atoms with E-state index in [0.717, 1.165) is 94.6 Å². The number of unbranched alkanes of at least 4 members (excludes halogenated alkanes) is 1. The first-order chi connectivity index (χ1) is 31.9. The highest BCUT2D eigenvalue weighted by molar-refractivity contribution is 6.74. The third kappa shape index (κ3) is 15.6. The van der Waals surface area contributed by atoms with E-state index in [4.69, 9.17) is 4.43 Å². The Labute approximate surface area is 408 Å². The van der Waals surface area contributed by atoms with Crippen LogP contribution in [-0.2, 0) is 14.0 Å². The molecule has 360 valence electrons. The summed E-state index contributed by atoms with van der Waals surface area (Å²) < 4.78 is 7.03. The van der Waals surface area contributed by atoms with Gasteiger partial charge >= 0.3 is 0 Å². The highest BCUT2D eigenvalue weighted by Gasteiger charge is 2.48. The Balaban J connectivity index is 0.000000251. The summed E-state index contributed by atoms with van der Waals surface area (Å²) in [5, 5.41) is 11.1. The number of hydrogen-bond acceptors (Lipinski definition) is 4. The number of allylic oxidation sites excluding steroid dienone is 8. The summed E-state index contributed by atoms with van der Waals surface area (Å²) in [7, 11) is -1.96. The monoisotopic (exact) mass is 921 g/mol. The number of benzene rings is 2. The first-order valence-electron chi connectivity index (χ1n) is 25.8. The molecule has 0 heterocycles. The van der Waals surface area contributed by atoms with Gasteiger partial charge in [-0.1, -0.05) is 174 Å². The maximum atomic E-state index is 12.5. The Morgan fingerprint density at radius 1 is 0.716 bits per heavy atom. The summed E-state index contributed by atoms with van der Waals surface area (Å²) >= 11 is 0. The molecule has 0 aliphatic heterocycles. The lowest BCUT2D eigenvalue weighted by Crippen LogP contribution is -2.50. The number of aliphatic hydroxyl groups excluding tert-OH is 1. The van der Waals surface area contributed by atoms with Crippen LogP contribution in [0.4, 0.5) is 0 Å². The molecule has 4 aliphatic rings. The second-order valence-electron chi connectivity index (χ2n) is 22.3. The van der Waals surface area contributed by atoms with Crippen LogP contribution >= 0.6 is 0 Å². The van der Waals surface area contributed by atoms with Crippen molar-refractivity contribution in [2.75, 3.05) is 0 Å². The summed E-state index contributed by atoms with van der Waals surface area (Å²) in [6.45, 7) is 17.7. The molecule has 2 unspecified atom stereocenters. The number of Topliss-reactive ketones (excluding diaryl/α,β-unsaturated/α-hetero) is 2. The van der Waals surface area contributed by atoms with E-state index in [0.29, 0.717) is 18.6 Å². The first-order valence-corrected chi connectivity index (χ1v) is 28.7. The topological polar surface area (TPSA) is 63.6 Å². The van der Waals surface area contributed by atoms with Crippen molar-refractivity contribution in [2.45, 2.75) is 194 Å². The molecule has 0 saturated heterocycles. The SMILES string of the molecule is CC(=O)CCC/C=C1\CCCC[C@@]1(C)/C=C/C=C/C(O)C1(CC#Cc2ccccc2)CCC1.CC(C)(C)[Si](C)(C)OC(/C=C/C=C/[C@]1(C)CCCCC1=O)C1(CC#Cc2ccccc2)CCC1. The molecule has 0 radical (unpaired) electrons. The molecule has 4 aliphatic carbocycles. The van der Waals surface area contributed by atoms with Crippen molar-refractivity contribution in [2.24, 2.45) is 21.7 Å². The Kier molecular flexibility index (Phi) is 19.9. The predicted octanol–water partition coefficient (Wildman–Crippen LogP) is 15.6. The number of carbonyl (C=O) groups is 2. The standard InChI is InChI=1S/C31H44O2Si.C31H40O2/c1-29(2,3)34(5,6)33-28(20-11-13-22-30(4)21-12-10-19-27(30)32)31(24-15-25-31)23-14-18-26-16-8-7-9-17-26;1-26(32)14-6-7-18-28-19-8-10-21-30(28,2)22-11-9-20-29(33)31(24-13-25-31)23-12-17-27-15-4-3-5-16-27/h7-9,11,13,16-17,20,22,28H,10,12,15,19,21,23-25H2,1-6H3;3-5,9,11,15-16,18,20,22,29,33H,6-8,10,13-14,19,21,23-25H2,1-2H3/b20-11+,22-13+;20-9+,22-11+,28-18+/t28?,30-;29?,30-/m00/s1. The minimum atomic E-state index is -1.96. The lowest BCUT2D eigenvalue weighted by Gasteiger charge is -2.50. The maximum Gasteiger partial charge on any atom is 0.192 e. The van der Waals surface area contributed by atoms with Crippen LogP contribution in [0, 0.1) is 45.3 Å². The van der Waals surface area contributed by atoms with E-state index in [1.165, 1.54) is 31.3 Å². The fourth-order valence-electron chi connectivity index (χ4n) is 9.81. The maximum absolute atomic E-state index is 12.5. The summed E-state index contributed by atoms with van der Waals surface area (Å²) in [5.41, 5.74) is 3.37. The van der Waals surface area contributed by atoms with Gasteiger partial charge in [-0.3, -0.25) is 4.79 Å². The van der Waals surface area contributed by atoms with Crippen LogP contribution in [-0.4, -0.2) is 37.2 Å². The van der Waals surface area contributed by atoms with Gasteiger partial charge in [-0.15, -0.1) is 0 Å². The molecule has 67 heavy (non-hydrogen) atoms. The number of hydrogen-bond donors (Lipinski definition) is 1. The minimum absolute atomic E-state index is 0.0479. The molecule has 0 bridgehead atoms. The van der Waals surface area contributed by atoms with Gasteiger partial charge in [0, 0.05) is 58.5 Å². The van der Waals surface area contributed by atoms with Gasteiger partial charge in [0.2, 0.25) is 0 Å². The van der Waals surface area contributed by atoms with Crippen molar-refractivity contribution in [3.8, 4) is 23.7 Å². The fourth-order valence-corrected chi connectivity index (χ4v) is 11.1. The van der Waals surface area contributed by atoms with E-state index < -0.39 is 14.4 Å². The first kappa shape index (κ1) is 53.7. The van der Waals surface area contributed by atoms with Gasteiger partial charge in [-0.05, 0) is 127 Å². The minimum Gasteiger partial charge on any atom is -0.410 e. The Bertz CT molecular complexity index is 2190. The molecule has 2 aromatic rings. The lowest BCUT2D eigenvalue weighted by atomic mass is 9.63. The number of rotatable bonds is 16. The van der Waals surface area contributed by atoms with Gasteiger partial charge in [0.05, 0.1) is 12.2 Å². The molecule has 6 rings (SSSR count). The van der Waals surface area contributed by atoms with E-state index in [1.54, 1.807) is 6.92 Å². The van der Waals surface area contributed by atoms with Crippen LogP contribution in [0.1, 0.15) is 175 Å². The lowest BCUT2D eigenvalue weighted by molar-refractivity contribution is -0.127. The third-order valence-electron chi connectivity index (χ3n) is 16.0. The molecule has 0 aromatic heterocycles. The molecule has 5 heteroatoms. The number of aliphatic hydroxyl groups is 1. The summed E-state index contributed by atoms with van der Waals surface area (Å²) in [6.07, 6.45) is 38.6. The molecule has 4 atom stereocenters. The molecule has 2 aromatic carbocycles. The Morgan fingerprint density at radius 2 is 1.24 bits per heavy atom. The highest BCUT2D eigenvalue weighted by atomic mass is 28.4. The van der Waals surface area contributed by atoms with Gasteiger partial charge in [0.25, 0.3) is 0 Å². The molecule has 0 spiro atoms. The third-order valence-corrected chi connectivity index (χ3v) is 20.5. The van der Waals surface area contributed by atoms with Crippen molar-refractivity contribution < 1.29 is 19.1 Å². The molecule has 1 N–H and O–H groups in total.